The lowest BCUT2D eigenvalue weighted by atomic mass is 10.1. The van der Waals surface area contributed by atoms with Gasteiger partial charge in [-0.05, 0) is 24.1 Å². The summed E-state index contributed by atoms with van der Waals surface area (Å²) in [6.07, 6.45) is 0.333. The summed E-state index contributed by atoms with van der Waals surface area (Å²) in [5.74, 6) is 3.98. The number of hydrogen-bond donors (Lipinski definition) is 2. The van der Waals surface area contributed by atoms with Crippen LogP contribution >= 0.6 is 0 Å². The van der Waals surface area contributed by atoms with Crippen LogP contribution in [0.4, 0.5) is 4.39 Å². The molecule has 0 radical (unpaired) electrons. The Kier molecular flexibility index (Phi) is 3.88. The first kappa shape index (κ1) is 11.7. The monoisotopic (exact) mass is 215 g/mol. The quantitative estimate of drug-likeness (QED) is 0.742. The van der Waals surface area contributed by atoms with Crippen LogP contribution in [0.15, 0.2) is 6.07 Å². The highest BCUT2D eigenvalue weighted by atomic mass is 19.1. The molecular weight excluding hydrogens is 201 g/mol. The number of benzene rings is 1. The largest absolute Gasteiger partial charge is 0.504 e. The Bertz CT molecular complexity index is 355. The number of hydrogen-bond acceptors (Lipinski definition) is 4. The van der Waals surface area contributed by atoms with Crippen LogP contribution in [0, 0.1) is 12.7 Å². The highest BCUT2D eigenvalue weighted by Crippen LogP contribution is 2.34. The summed E-state index contributed by atoms with van der Waals surface area (Å²) >= 11 is 0. The van der Waals surface area contributed by atoms with Crippen molar-refractivity contribution >= 4 is 0 Å². The minimum atomic E-state index is -0.572. The molecular formula is C10H14FNO3. The van der Waals surface area contributed by atoms with Crippen LogP contribution in [0.3, 0.4) is 0 Å². The minimum absolute atomic E-state index is 0.137. The van der Waals surface area contributed by atoms with Crippen LogP contribution < -0.4 is 10.6 Å². The molecule has 0 saturated heterocycles. The number of aryl methyl sites for hydroxylation is 1. The summed E-state index contributed by atoms with van der Waals surface area (Å²) in [5, 5.41) is 9.51. The van der Waals surface area contributed by atoms with Crippen molar-refractivity contribution in [1.29, 1.82) is 0 Å². The summed E-state index contributed by atoms with van der Waals surface area (Å²) in [4.78, 5) is 4.37. The van der Waals surface area contributed by atoms with Crippen LogP contribution in [0.5, 0.6) is 11.5 Å². The van der Waals surface area contributed by atoms with Gasteiger partial charge in [0, 0.05) is 6.42 Å². The average molecular weight is 215 g/mol. The van der Waals surface area contributed by atoms with Gasteiger partial charge >= 0.3 is 0 Å². The van der Waals surface area contributed by atoms with Crippen molar-refractivity contribution < 1.29 is 19.1 Å². The third-order valence-corrected chi connectivity index (χ3v) is 2.15. The molecule has 1 aromatic carbocycles. The van der Waals surface area contributed by atoms with Crippen molar-refractivity contribution in [3.63, 3.8) is 0 Å². The summed E-state index contributed by atoms with van der Waals surface area (Å²) in [7, 11) is 1.31. The second kappa shape index (κ2) is 4.95. The number of phenols is 1. The maximum Gasteiger partial charge on any atom is 0.197 e. The minimum Gasteiger partial charge on any atom is -0.504 e. The van der Waals surface area contributed by atoms with Gasteiger partial charge in [0.2, 0.25) is 0 Å². The number of rotatable bonds is 4. The number of aromatic hydroxyl groups is 1. The molecule has 1 aromatic rings. The molecule has 0 aromatic heterocycles. The van der Waals surface area contributed by atoms with E-state index in [1.54, 1.807) is 13.0 Å². The molecule has 84 valence electrons. The standard InChI is InChI=1S/C10H14FNO3/c1-6-5-7(3-4-15-12)8(11)10(14-2)9(6)13/h5,13H,3-4,12H2,1-2H3. The van der Waals surface area contributed by atoms with E-state index in [2.05, 4.69) is 4.84 Å². The fourth-order valence-corrected chi connectivity index (χ4v) is 1.36. The first-order valence-electron chi connectivity index (χ1n) is 4.48. The molecule has 0 aliphatic carbocycles. The fraction of sp³-hybridized carbons (Fsp3) is 0.400. The predicted molar refractivity (Wildman–Crippen MR) is 53.2 cm³/mol. The third-order valence-electron chi connectivity index (χ3n) is 2.15. The van der Waals surface area contributed by atoms with Crippen molar-refractivity contribution in [2.45, 2.75) is 13.3 Å². The predicted octanol–water partition coefficient (Wildman–Crippen LogP) is 1.28. The number of ether oxygens (including phenoxy) is 1. The molecule has 0 unspecified atom stereocenters. The van der Waals surface area contributed by atoms with E-state index < -0.39 is 5.82 Å². The van der Waals surface area contributed by atoms with Crippen molar-refractivity contribution in [2.24, 2.45) is 5.90 Å². The van der Waals surface area contributed by atoms with E-state index in [0.29, 0.717) is 17.5 Å². The van der Waals surface area contributed by atoms with E-state index in [9.17, 15) is 9.50 Å². The Labute approximate surface area is 87.4 Å². The highest BCUT2D eigenvalue weighted by molar-refractivity contribution is 5.49. The number of methoxy groups -OCH3 is 1. The average Bonchev–Trinajstić information content (AvgIpc) is 2.22. The fourth-order valence-electron chi connectivity index (χ4n) is 1.36. The van der Waals surface area contributed by atoms with Gasteiger partial charge in [0.15, 0.2) is 17.3 Å². The first-order chi connectivity index (χ1) is 7.11. The van der Waals surface area contributed by atoms with Crippen molar-refractivity contribution in [3.8, 4) is 11.5 Å². The number of halogens is 1. The lowest BCUT2D eigenvalue weighted by Gasteiger charge is -2.11. The van der Waals surface area contributed by atoms with Gasteiger partial charge in [-0.3, -0.25) is 0 Å². The summed E-state index contributed by atoms with van der Waals surface area (Å²) in [6, 6.07) is 1.55. The molecule has 0 amide bonds. The molecule has 0 heterocycles. The first-order valence-corrected chi connectivity index (χ1v) is 4.48. The molecule has 5 heteroatoms. The van der Waals surface area contributed by atoms with Gasteiger partial charge in [0.05, 0.1) is 13.7 Å². The zero-order valence-electron chi connectivity index (χ0n) is 8.71. The van der Waals surface area contributed by atoms with Gasteiger partial charge in [-0.15, -0.1) is 0 Å². The molecule has 0 aliphatic rings. The van der Waals surface area contributed by atoms with E-state index in [0.717, 1.165) is 0 Å². The van der Waals surface area contributed by atoms with Crippen molar-refractivity contribution in [1.82, 2.24) is 0 Å². The summed E-state index contributed by atoms with van der Waals surface area (Å²) in [5.41, 5.74) is 0.966. The molecule has 0 bridgehead atoms. The Morgan fingerprint density at radius 2 is 2.20 bits per heavy atom. The zero-order valence-corrected chi connectivity index (χ0v) is 8.71. The summed E-state index contributed by atoms with van der Waals surface area (Å²) in [6.45, 7) is 1.88. The number of nitrogens with two attached hydrogens (primary N) is 1. The van der Waals surface area contributed by atoms with E-state index in [1.165, 1.54) is 7.11 Å². The molecule has 15 heavy (non-hydrogen) atoms. The van der Waals surface area contributed by atoms with Crippen molar-refractivity contribution in [3.05, 3.63) is 23.0 Å². The topological polar surface area (TPSA) is 64.7 Å². The molecule has 0 spiro atoms. The molecule has 4 nitrogen and oxygen atoms in total. The molecule has 3 N–H and O–H groups in total. The maximum absolute atomic E-state index is 13.7. The van der Waals surface area contributed by atoms with Crippen molar-refractivity contribution in [2.75, 3.05) is 13.7 Å². The van der Waals surface area contributed by atoms with Gasteiger partial charge in [0.25, 0.3) is 0 Å². The second-order valence-corrected chi connectivity index (χ2v) is 3.17. The number of phenolic OH excluding ortho intramolecular Hbond substituents is 1. The van der Waals surface area contributed by atoms with Crippen LogP contribution in [-0.2, 0) is 11.3 Å². The van der Waals surface area contributed by atoms with Crippen LogP contribution in [0.25, 0.3) is 0 Å². The third kappa shape index (κ3) is 2.37. The van der Waals surface area contributed by atoms with Gasteiger partial charge in [-0.25, -0.2) is 10.3 Å². The van der Waals surface area contributed by atoms with Gasteiger partial charge < -0.3 is 14.7 Å². The van der Waals surface area contributed by atoms with Crippen LogP contribution in [-0.4, -0.2) is 18.8 Å². The lowest BCUT2D eigenvalue weighted by molar-refractivity contribution is 0.140. The summed E-state index contributed by atoms with van der Waals surface area (Å²) < 4.78 is 18.4. The van der Waals surface area contributed by atoms with E-state index in [1.807, 2.05) is 0 Å². The van der Waals surface area contributed by atoms with Crippen LogP contribution in [0.2, 0.25) is 0 Å². The SMILES string of the molecule is COc1c(O)c(C)cc(CCON)c1F. The Morgan fingerprint density at radius 3 is 2.73 bits per heavy atom. The van der Waals surface area contributed by atoms with E-state index >= 15 is 0 Å². The van der Waals surface area contributed by atoms with Gasteiger partial charge in [0.1, 0.15) is 0 Å². The Hall–Kier alpha value is -1.33. The highest BCUT2D eigenvalue weighted by Gasteiger charge is 2.16. The normalized spacial score (nSPS) is 10.4. The molecule has 0 aliphatic heterocycles. The van der Waals surface area contributed by atoms with Crippen LogP contribution in [0.1, 0.15) is 11.1 Å². The molecule has 0 atom stereocenters. The zero-order chi connectivity index (χ0) is 11.4. The molecule has 0 saturated carbocycles. The van der Waals surface area contributed by atoms with E-state index in [-0.39, 0.29) is 18.1 Å². The van der Waals surface area contributed by atoms with Gasteiger partial charge in [-0.2, -0.15) is 0 Å². The smallest absolute Gasteiger partial charge is 0.197 e. The maximum atomic E-state index is 13.7. The van der Waals surface area contributed by atoms with E-state index in [4.69, 9.17) is 10.6 Å². The molecule has 0 fully saturated rings. The lowest BCUT2D eigenvalue weighted by Crippen LogP contribution is -2.06. The van der Waals surface area contributed by atoms with Gasteiger partial charge in [-0.1, -0.05) is 0 Å². The molecule has 1 rings (SSSR count). The Morgan fingerprint density at radius 1 is 1.53 bits per heavy atom. The second-order valence-electron chi connectivity index (χ2n) is 3.17. The Balaban J connectivity index is 3.12.